The summed E-state index contributed by atoms with van der Waals surface area (Å²) >= 11 is 0. The van der Waals surface area contributed by atoms with E-state index >= 15 is 0 Å². The highest BCUT2D eigenvalue weighted by Gasteiger charge is 2.33. The van der Waals surface area contributed by atoms with Crippen LogP contribution in [0.4, 0.5) is 14.6 Å². The number of nitrogens with one attached hydrogen (secondary N) is 1. The second-order valence-corrected chi connectivity index (χ2v) is 7.03. The predicted molar refractivity (Wildman–Crippen MR) is 97.7 cm³/mol. The predicted octanol–water partition coefficient (Wildman–Crippen LogP) is 3.39. The van der Waals surface area contributed by atoms with Crippen molar-refractivity contribution in [3.8, 4) is 5.75 Å². The number of fused-ring (bicyclic) bond motifs is 1. The summed E-state index contributed by atoms with van der Waals surface area (Å²) in [6.07, 6.45) is 1.83. The van der Waals surface area contributed by atoms with E-state index in [1.54, 1.807) is 6.92 Å². The van der Waals surface area contributed by atoms with Crippen LogP contribution in [0.5, 0.6) is 5.75 Å². The molecular weight excluding hydrogens is 368 g/mol. The maximum atomic E-state index is 13.9. The van der Waals surface area contributed by atoms with E-state index in [1.165, 1.54) is 0 Å². The van der Waals surface area contributed by atoms with Crippen LogP contribution in [0.15, 0.2) is 30.3 Å². The lowest BCUT2D eigenvalue weighted by molar-refractivity contribution is -0.163. The molecule has 0 saturated carbocycles. The molecule has 0 spiro atoms. The Labute approximate surface area is 161 Å². The van der Waals surface area contributed by atoms with Gasteiger partial charge in [-0.2, -0.15) is 5.06 Å². The first-order valence-corrected chi connectivity index (χ1v) is 9.30. The van der Waals surface area contributed by atoms with Gasteiger partial charge in [0.1, 0.15) is 11.6 Å². The van der Waals surface area contributed by atoms with E-state index in [1.807, 2.05) is 12.1 Å². The number of ether oxygens (including phenoxy) is 1. The minimum atomic E-state index is -0.861. The van der Waals surface area contributed by atoms with Gasteiger partial charge in [0, 0.05) is 25.3 Å². The number of hydrogen-bond donors (Lipinski definition) is 1. The summed E-state index contributed by atoms with van der Waals surface area (Å²) in [5.74, 6) is -1.90. The normalized spacial score (nSPS) is 20.0. The largest absolute Gasteiger partial charge is 0.381 e. The summed E-state index contributed by atoms with van der Waals surface area (Å²) in [6.45, 7) is 3.33. The number of pyridine rings is 1. The summed E-state index contributed by atoms with van der Waals surface area (Å²) in [4.78, 5) is 22.7. The third-order valence-electron chi connectivity index (χ3n) is 5.03. The zero-order chi connectivity index (χ0) is 19.7. The van der Waals surface area contributed by atoms with Gasteiger partial charge in [-0.05, 0) is 43.5 Å². The van der Waals surface area contributed by atoms with E-state index in [9.17, 15) is 13.6 Å². The lowest BCUT2D eigenvalue weighted by Gasteiger charge is -2.31. The molecule has 1 fully saturated rings. The van der Waals surface area contributed by atoms with Crippen molar-refractivity contribution in [2.45, 2.75) is 38.3 Å². The van der Waals surface area contributed by atoms with Crippen LogP contribution in [0, 0.1) is 11.6 Å². The van der Waals surface area contributed by atoms with E-state index in [4.69, 9.17) is 9.57 Å². The highest BCUT2D eigenvalue weighted by Crippen LogP contribution is 2.31. The molecule has 2 aliphatic rings. The molecule has 2 aliphatic heterocycles. The first kappa shape index (κ1) is 18.6. The fraction of sp³-hybridized carbons (Fsp3) is 0.400. The van der Waals surface area contributed by atoms with Crippen molar-refractivity contribution in [1.29, 1.82) is 0 Å². The van der Waals surface area contributed by atoms with E-state index < -0.39 is 17.6 Å². The van der Waals surface area contributed by atoms with E-state index in [0.29, 0.717) is 11.7 Å². The Morgan fingerprint density at radius 3 is 2.75 bits per heavy atom. The Kier molecular flexibility index (Phi) is 5.13. The van der Waals surface area contributed by atoms with Gasteiger partial charge < -0.3 is 14.9 Å². The van der Waals surface area contributed by atoms with Crippen LogP contribution in [0.2, 0.25) is 0 Å². The number of benzene rings is 1. The van der Waals surface area contributed by atoms with Gasteiger partial charge in [0.05, 0.1) is 18.2 Å². The number of carbonyl (C=O) groups is 1. The van der Waals surface area contributed by atoms with E-state index in [0.717, 1.165) is 60.7 Å². The lowest BCUT2D eigenvalue weighted by atomic mass is 9.96. The van der Waals surface area contributed by atoms with Crippen LogP contribution in [-0.4, -0.2) is 35.2 Å². The molecule has 148 valence electrons. The van der Waals surface area contributed by atoms with Crippen LogP contribution in [0.1, 0.15) is 36.9 Å². The van der Waals surface area contributed by atoms with Gasteiger partial charge in [0.2, 0.25) is 0 Å². The molecule has 8 heteroatoms. The number of aromatic nitrogens is 1. The second kappa shape index (κ2) is 7.71. The van der Waals surface area contributed by atoms with Gasteiger partial charge in [0.25, 0.3) is 5.91 Å². The van der Waals surface area contributed by atoms with Crippen LogP contribution < -0.4 is 10.2 Å². The Balaban J connectivity index is 1.51. The number of anilines is 1. The topological polar surface area (TPSA) is 63.7 Å². The fourth-order valence-corrected chi connectivity index (χ4v) is 3.45. The number of nitrogens with zero attached hydrogens (tertiary/aromatic N) is 2. The number of halogens is 2. The Bertz CT molecular complexity index is 887. The molecular formula is C20H21F2N3O3. The lowest BCUT2D eigenvalue weighted by Crippen LogP contribution is -2.41. The fourth-order valence-electron chi connectivity index (χ4n) is 3.45. The zero-order valence-electron chi connectivity index (χ0n) is 15.5. The quantitative estimate of drug-likeness (QED) is 0.869. The van der Waals surface area contributed by atoms with Gasteiger partial charge >= 0.3 is 0 Å². The van der Waals surface area contributed by atoms with Crippen LogP contribution in [-0.2, 0) is 16.1 Å². The third-order valence-corrected chi connectivity index (χ3v) is 5.03. The number of hydroxylamine groups is 2. The zero-order valence-corrected chi connectivity index (χ0v) is 15.5. The van der Waals surface area contributed by atoms with Crippen LogP contribution in [0.25, 0.3) is 0 Å². The number of carbonyl (C=O) groups excluding carboxylic acids is 1. The maximum Gasteiger partial charge on any atom is 0.264 e. The summed E-state index contributed by atoms with van der Waals surface area (Å²) < 4.78 is 32.3. The number of hydrogen-bond acceptors (Lipinski definition) is 5. The monoisotopic (exact) mass is 389 g/mol. The molecule has 1 unspecified atom stereocenters. The summed E-state index contributed by atoms with van der Waals surface area (Å²) in [5, 5.41) is 4.49. The summed E-state index contributed by atoms with van der Waals surface area (Å²) in [7, 11) is 0. The first-order valence-electron chi connectivity index (χ1n) is 9.30. The molecule has 0 bridgehead atoms. The molecule has 1 aromatic heterocycles. The van der Waals surface area contributed by atoms with Crippen molar-refractivity contribution in [2.24, 2.45) is 0 Å². The smallest absolute Gasteiger partial charge is 0.264 e. The molecule has 1 N–H and O–H groups in total. The molecule has 0 radical (unpaired) electrons. The summed E-state index contributed by atoms with van der Waals surface area (Å²) in [5.41, 5.74) is 1.51. The third kappa shape index (κ3) is 3.77. The maximum absolute atomic E-state index is 13.9. The van der Waals surface area contributed by atoms with Crippen LogP contribution in [0.3, 0.4) is 0 Å². The minimum absolute atomic E-state index is 0.139. The molecule has 1 amide bonds. The van der Waals surface area contributed by atoms with Crippen molar-refractivity contribution in [1.82, 2.24) is 10.0 Å². The molecule has 28 heavy (non-hydrogen) atoms. The van der Waals surface area contributed by atoms with Gasteiger partial charge in [-0.1, -0.05) is 6.07 Å². The van der Waals surface area contributed by atoms with Gasteiger partial charge in [0.15, 0.2) is 11.6 Å². The molecule has 2 aromatic rings. The number of amides is 1. The van der Waals surface area contributed by atoms with Crippen molar-refractivity contribution in [3.63, 3.8) is 0 Å². The second-order valence-electron chi connectivity index (χ2n) is 7.03. The van der Waals surface area contributed by atoms with Crippen molar-refractivity contribution in [2.75, 3.05) is 18.5 Å². The molecule has 3 heterocycles. The Hall–Kier alpha value is -2.74. The molecule has 1 atom stereocenters. The highest BCUT2D eigenvalue weighted by molar-refractivity contribution is 5.84. The van der Waals surface area contributed by atoms with Gasteiger partial charge in [-0.15, -0.1) is 0 Å². The standard InChI is InChI=1S/C20H21F2N3O3/c1-12-19-13(2-5-18(24-19)23-15-6-8-27-9-7-15)11-25(20(12)26)28-17-4-3-14(21)10-16(17)22/h2-5,10,12,15H,6-9,11H2,1H3,(H,23,24). The average molecular weight is 389 g/mol. The van der Waals surface area contributed by atoms with Gasteiger partial charge in [-0.3, -0.25) is 4.79 Å². The van der Waals surface area contributed by atoms with E-state index in [2.05, 4.69) is 10.3 Å². The van der Waals surface area contributed by atoms with Crippen molar-refractivity contribution < 1.29 is 23.1 Å². The Morgan fingerprint density at radius 1 is 1.21 bits per heavy atom. The summed E-state index contributed by atoms with van der Waals surface area (Å²) in [6, 6.07) is 7.03. The van der Waals surface area contributed by atoms with Crippen molar-refractivity contribution >= 4 is 11.7 Å². The van der Waals surface area contributed by atoms with Crippen molar-refractivity contribution in [3.05, 3.63) is 53.2 Å². The highest BCUT2D eigenvalue weighted by atomic mass is 19.1. The van der Waals surface area contributed by atoms with E-state index in [-0.39, 0.29) is 18.2 Å². The first-order chi connectivity index (χ1) is 13.5. The molecule has 0 aliphatic carbocycles. The molecule has 4 rings (SSSR count). The van der Waals surface area contributed by atoms with Gasteiger partial charge in [-0.25, -0.2) is 13.8 Å². The minimum Gasteiger partial charge on any atom is -0.381 e. The Morgan fingerprint density at radius 2 is 2.00 bits per heavy atom. The number of rotatable bonds is 4. The average Bonchev–Trinajstić information content (AvgIpc) is 2.69. The molecule has 6 nitrogen and oxygen atoms in total. The SMILES string of the molecule is CC1C(=O)N(Oc2ccc(F)cc2F)Cc2ccc(NC3CCOCC3)nc21. The molecule has 1 aromatic carbocycles. The van der Waals surface area contributed by atoms with Crippen LogP contribution >= 0.6 is 0 Å². The molecule has 1 saturated heterocycles.